The van der Waals surface area contributed by atoms with E-state index in [4.69, 9.17) is 21.1 Å². The highest BCUT2D eigenvalue weighted by atomic mass is 35.5. The van der Waals surface area contributed by atoms with Crippen molar-refractivity contribution in [1.29, 1.82) is 0 Å². The number of hydrogen-bond acceptors (Lipinski definition) is 5. The van der Waals surface area contributed by atoms with Crippen LogP contribution in [0.4, 0.5) is 5.69 Å². The molecule has 0 atom stereocenters. The Morgan fingerprint density at radius 1 is 0.939 bits per heavy atom. The highest BCUT2D eigenvalue weighted by Gasteiger charge is 2.18. The lowest BCUT2D eigenvalue weighted by atomic mass is 10.1. The van der Waals surface area contributed by atoms with E-state index in [0.717, 1.165) is 17.6 Å². The van der Waals surface area contributed by atoms with Crippen LogP contribution in [0.3, 0.4) is 0 Å². The Hall–Kier alpha value is -3.23. The zero-order valence-electron chi connectivity index (χ0n) is 18.3. The first-order valence-electron chi connectivity index (χ1n) is 10.1. The number of carbonyl (C=O) groups excluding carboxylic acids is 1. The number of benzene rings is 3. The van der Waals surface area contributed by atoms with Crippen molar-refractivity contribution in [2.24, 2.45) is 0 Å². The van der Waals surface area contributed by atoms with Gasteiger partial charge in [0.1, 0.15) is 18.1 Å². The molecular formula is C24H25ClN2O5S. The predicted molar refractivity (Wildman–Crippen MR) is 130 cm³/mol. The van der Waals surface area contributed by atoms with Crippen molar-refractivity contribution >= 4 is 33.2 Å². The predicted octanol–water partition coefficient (Wildman–Crippen LogP) is 4.12. The first-order valence-corrected chi connectivity index (χ1v) is 12.4. The van der Waals surface area contributed by atoms with E-state index in [0.29, 0.717) is 35.2 Å². The van der Waals surface area contributed by atoms with Crippen LogP contribution in [0, 0.1) is 0 Å². The van der Waals surface area contributed by atoms with E-state index in [1.54, 1.807) is 79.9 Å². The molecule has 0 saturated carbocycles. The van der Waals surface area contributed by atoms with E-state index in [-0.39, 0.29) is 12.5 Å². The maximum Gasteiger partial charge on any atom is 0.251 e. The molecule has 0 aromatic heterocycles. The number of halogens is 1. The SMILES string of the molecule is COc1ccc(OCCNC(=O)c2ccc(CN(c3ccc(Cl)cc3)S(C)(=O)=O)cc2)cc1. The van der Waals surface area contributed by atoms with E-state index in [1.807, 2.05) is 0 Å². The third-order valence-corrected chi connectivity index (χ3v) is 6.17. The normalized spacial score (nSPS) is 11.0. The number of sulfonamides is 1. The third-order valence-electron chi connectivity index (χ3n) is 4.77. The number of nitrogens with zero attached hydrogens (tertiary/aromatic N) is 1. The van der Waals surface area contributed by atoms with Gasteiger partial charge in [0.25, 0.3) is 5.91 Å². The molecule has 33 heavy (non-hydrogen) atoms. The molecule has 3 rings (SSSR count). The number of carbonyl (C=O) groups is 1. The van der Waals surface area contributed by atoms with Crippen LogP contribution < -0.4 is 19.1 Å². The van der Waals surface area contributed by atoms with Crippen molar-refractivity contribution in [2.75, 3.05) is 30.8 Å². The van der Waals surface area contributed by atoms with E-state index >= 15 is 0 Å². The Kier molecular flexibility index (Phi) is 8.19. The van der Waals surface area contributed by atoms with Crippen LogP contribution >= 0.6 is 11.6 Å². The highest BCUT2D eigenvalue weighted by Crippen LogP contribution is 2.23. The molecule has 174 valence electrons. The number of ether oxygens (including phenoxy) is 2. The molecule has 0 radical (unpaired) electrons. The van der Waals surface area contributed by atoms with Crippen molar-refractivity contribution in [3.05, 3.63) is 88.9 Å². The van der Waals surface area contributed by atoms with Crippen LogP contribution in [0.5, 0.6) is 11.5 Å². The summed E-state index contributed by atoms with van der Waals surface area (Å²) in [5, 5.41) is 3.32. The molecule has 7 nitrogen and oxygen atoms in total. The number of hydrogen-bond donors (Lipinski definition) is 1. The molecule has 0 heterocycles. The highest BCUT2D eigenvalue weighted by molar-refractivity contribution is 7.92. The van der Waals surface area contributed by atoms with Gasteiger partial charge in [0.05, 0.1) is 32.1 Å². The molecule has 1 N–H and O–H groups in total. The minimum Gasteiger partial charge on any atom is -0.497 e. The second kappa shape index (κ2) is 11.1. The van der Waals surface area contributed by atoms with Gasteiger partial charge in [-0.1, -0.05) is 23.7 Å². The van der Waals surface area contributed by atoms with Crippen LogP contribution in [0.15, 0.2) is 72.8 Å². The molecule has 0 aliphatic rings. The quantitative estimate of drug-likeness (QED) is 0.434. The molecule has 0 fully saturated rings. The zero-order valence-corrected chi connectivity index (χ0v) is 19.9. The van der Waals surface area contributed by atoms with Gasteiger partial charge in [-0.25, -0.2) is 8.42 Å². The van der Waals surface area contributed by atoms with E-state index < -0.39 is 10.0 Å². The number of amides is 1. The lowest BCUT2D eigenvalue weighted by molar-refractivity contribution is 0.0947. The van der Waals surface area contributed by atoms with Gasteiger partial charge < -0.3 is 14.8 Å². The van der Waals surface area contributed by atoms with Crippen molar-refractivity contribution in [3.63, 3.8) is 0 Å². The van der Waals surface area contributed by atoms with Crippen LogP contribution in [-0.4, -0.2) is 40.8 Å². The lowest BCUT2D eigenvalue weighted by Gasteiger charge is -2.22. The first kappa shape index (κ1) is 24.4. The maximum atomic E-state index is 12.4. The molecule has 3 aromatic carbocycles. The van der Waals surface area contributed by atoms with Gasteiger partial charge in [-0.2, -0.15) is 0 Å². The average Bonchev–Trinajstić information content (AvgIpc) is 2.81. The molecule has 0 spiro atoms. The molecular weight excluding hydrogens is 464 g/mol. The van der Waals surface area contributed by atoms with E-state index in [9.17, 15) is 13.2 Å². The number of nitrogens with one attached hydrogen (secondary N) is 1. The molecule has 3 aromatic rings. The van der Waals surface area contributed by atoms with Crippen LogP contribution in [0.1, 0.15) is 15.9 Å². The smallest absolute Gasteiger partial charge is 0.251 e. The summed E-state index contributed by atoms with van der Waals surface area (Å²) >= 11 is 5.91. The Bertz CT molecular complexity index is 1160. The van der Waals surface area contributed by atoms with Gasteiger partial charge in [0.15, 0.2) is 0 Å². The average molecular weight is 489 g/mol. The maximum absolute atomic E-state index is 12.4. The molecule has 0 bridgehead atoms. The van der Waals surface area contributed by atoms with Crippen molar-refractivity contribution < 1.29 is 22.7 Å². The fourth-order valence-corrected chi connectivity index (χ4v) is 4.06. The monoisotopic (exact) mass is 488 g/mol. The second-order valence-electron chi connectivity index (χ2n) is 7.22. The summed E-state index contributed by atoms with van der Waals surface area (Å²) in [5.74, 6) is 1.19. The summed E-state index contributed by atoms with van der Waals surface area (Å²) in [7, 11) is -1.91. The number of rotatable bonds is 10. The van der Waals surface area contributed by atoms with Gasteiger partial charge in [-0.3, -0.25) is 9.10 Å². The Morgan fingerprint density at radius 3 is 2.12 bits per heavy atom. The number of anilines is 1. The molecule has 9 heteroatoms. The van der Waals surface area contributed by atoms with Crippen LogP contribution in [0.25, 0.3) is 0 Å². The van der Waals surface area contributed by atoms with Gasteiger partial charge in [-0.15, -0.1) is 0 Å². The minimum absolute atomic E-state index is 0.137. The topological polar surface area (TPSA) is 84.9 Å². The van der Waals surface area contributed by atoms with Crippen LogP contribution in [-0.2, 0) is 16.6 Å². The Labute approximate surface area is 198 Å². The fourth-order valence-electron chi connectivity index (χ4n) is 3.04. The number of methoxy groups -OCH3 is 1. The van der Waals surface area contributed by atoms with Gasteiger partial charge in [-0.05, 0) is 66.2 Å². The van der Waals surface area contributed by atoms with Crippen molar-refractivity contribution in [2.45, 2.75) is 6.54 Å². The van der Waals surface area contributed by atoms with Gasteiger partial charge in [0, 0.05) is 10.6 Å². The first-order chi connectivity index (χ1) is 15.8. The lowest BCUT2D eigenvalue weighted by Crippen LogP contribution is -2.29. The van der Waals surface area contributed by atoms with Crippen LogP contribution in [0.2, 0.25) is 5.02 Å². The fraction of sp³-hybridized carbons (Fsp3) is 0.208. The standard InChI is InChI=1S/C24H25ClN2O5S/c1-31-22-11-13-23(14-12-22)32-16-15-26-24(28)19-5-3-18(4-6-19)17-27(33(2,29)30)21-9-7-20(25)8-10-21/h3-14H,15-17H2,1-2H3,(H,26,28). The summed E-state index contributed by atoms with van der Waals surface area (Å²) in [6.45, 7) is 0.795. The van der Waals surface area contributed by atoms with Crippen molar-refractivity contribution in [1.82, 2.24) is 5.32 Å². The summed E-state index contributed by atoms with van der Waals surface area (Å²) in [6, 6.07) is 20.6. The zero-order chi connectivity index (χ0) is 23.8. The largest absolute Gasteiger partial charge is 0.497 e. The van der Waals surface area contributed by atoms with Gasteiger partial charge in [0.2, 0.25) is 10.0 Å². The Balaban J connectivity index is 1.54. The molecule has 0 saturated heterocycles. The Morgan fingerprint density at radius 2 is 1.55 bits per heavy atom. The second-order valence-corrected chi connectivity index (χ2v) is 9.57. The minimum atomic E-state index is -3.51. The molecule has 0 aliphatic heterocycles. The summed E-state index contributed by atoms with van der Waals surface area (Å²) < 4.78 is 36.6. The van der Waals surface area contributed by atoms with Gasteiger partial charge >= 0.3 is 0 Å². The van der Waals surface area contributed by atoms with E-state index in [1.165, 1.54) is 4.31 Å². The molecule has 1 amide bonds. The summed E-state index contributed by atoms with van der Waals surface area (Å²) in [4.78, 5) is 12.4. The van der Waals surface area contributed by atoms with Crippen molar-refractivity contribution in [3.8, 4) is 11.5 Å². The molecule has 0 aliphatic carbocycles. The van der Waals surface area contributed by atoms with E-state index in [2.05, 4.69) is 5.32 Å². The molecule has 0 unspecified atom stereocenters. The summed E-state index contributed by atoms with van der Waals surface area (Å²) in [5.41, 5.74) is 1.73. The summed E-state index contributed by atoms with van der Waals surface area (Å²) in [6.07, 6.45) is 1.15. The third kappa shape index (κ3) is 7.13.